The number of thioether (sulfide) groups is 1. The molecule has 3 heterocycles. The first kappa shape index (κ1) is 11.2. The smallest absolute Gasteiger partial charge is 0.243 e. The normalized spacial score (nSPS) is 19.9. The standard InChI is InChI=1S/C11H13ClN4S/c12-9-1-2-10-14-11(15-16(10)6-9)13-5-8-3-4-17-7-8/h1-2,6,8H,3-5,7H2,(H,13,15). The molecule has 0 radical (unpaired) electrons. The molecule has 2 aromatic rings. The fourth-order valence-corrected chi connectivity index (χ4v) is 3.35. The molecule has 0 bridgehead atoms. The van der Waals surface area contributed by atoms with Gasteiger partial charge < -0.3 is 5.32 Å². The number of rotatable bonds is 3. The molecule has 0 saturated carbocycles. The monoisotopic (exact) mass is 268 g/mol. The topological polar surface area (TPSA) is 42.2 Å². The highest BCUT2D eigenvalue weighted by molar-refractivity contribution is 7.99. The van der Waals surface area contributed by atoms with Crippen LogP contribution in [-0.4, -0.2) is 32.6 Å². The third-order valence-electron chi connectivity index (χ3n) is 2.87. The number of aromatic nitrogens is 3. The van der Waals surface area contributed by atoms with Crippen molar-refractivity contribution in [1.82, 2.24) is 14.6 Å². The predicted molar refractivity (Wildman–Crippen MR) is 71.9 cm³/mol. The Bertz CT molecular complexity index is 521. The van der Waals surface area contributed by atoms with Crippen LogP contribution < -0.4 is 5.32 Å². The van der Waals surface area contributed by atoms with Gasteiger partial charge >= 0.3 is 0 Å². The summed E-state index contributed by atoms with van der Waals surface area (Å²) < 4.78 is 1.70. The molecule has 0 aromatic carbocycles. The average molecular weight is 269 g/mol. The zero-order valence-corrected chi connectivity index (χ0v) is 10.8. The van der Waals surface area contributed by atoms with E-state index in [2.05, 4.69) is 15.4 Å². The van der Waals surface area contributed by atoms with Gasteiger partial charge in [-0.3, -0.25) is 0 Å². The Kier molecular flexibility index (Phi) is 3.11. The molecular weight excluding hydrogens is 256 g/mol. The Balaban J connectivity index is 1.72. The highest BCUT2D eigenvalue weighted by Crippen LogP contribution is 2.23. The second-order valence-electron chi connectivity index (χ2n) is 4.20. The van der Waals surface area contributed by atoms with Crippen LogP contribution in [0, 0.1) is 5.92 Å². The van der Waals surface area contributed by atoms with Crippen LogP contribution in [0.4, 0.5) is 5.95 Å². The van der Waals surface area contributed by atoms with Crippen LogP contribution in [0.5, 0.6) is 0 Å². The van der Waals surface area contributed by atoms with Crippen LogP contribution in [0.25, 0.3) is 5.65 Å². The molecule has 90 valence electrons. The SMILES string of the molecule is Clc1ccc2nc(NCC3CCSC3)nn2c1. The quantitative estimate of drug-likeness (QED) is 0.929. The molecule has 17 heavy (non-hydrogen) atoms. The van der Waals surface area contributed by atoms with E-state index in [1.807, 2.05) is 23.9 Å². The number of hydrogen-bond acceptors (Lipinski definition) is 4. The molecule has 1 aliphatic rings. The highest BCUT2D eigenvalue weighted by atomic mass is 35.5. The van der Waals surface area contributed by atoms with Crippen molar-refractivity contribution >= 4 is 35.0 Å². The summed E-state index contributed by atoms with van der Waals surface area (Å²) in [4.78, 5) is 4.39. The zero-order chi connectivity index (χ0) is 11.7. The molecule has 2 aromatic heterocycles. The molecule has 3 rings (SSSR count). The van der Waals surface area contributed by atoms with Gasteiger partial charge in [-0.15, -0.1) is 5.10 Å². The molecule has 1 fully saturated rings. The second kappa shape index (κ2) is 4.74. The van der Waals surface area contributed by atoms with Crippen molar-refractivity contribution in [2.75, 3.05) is 23.4 Å². The van der Waals surface area contributed by atoms with E-state index in [1.165, 1.54) is 17.9 Å². The van der Waals surface area contributed by atoms with Gasteiger partial charge in [0, 0.05) is 12.7 Å². The third-order valence-corrected chi connectivity index (χ3v) is 4.32. The van der Waals surface area contributed by atoms with Crippen molar-refractivity contribution in [3.63, 3.8) is 0 Å². The molecule has 0 amide bonds. The largest absolute Gasteiger partial charge is 0.353 e. The van der Waals surface area contributed by atoms with Gasteiger partial charge in [0.15, 0.2) is 5.65 Å². The Labute approximate surface area is 109 Å². The summed E-state index contributed by atoms with van der Waals surface area (Å²) in [5, 5.41) is 8.30. The summed E-state index contributed by atoms with van der Waals surface area (Å²) in [5.41, 5.74) is 0.817. The fourth-order valence-electron chi connectivity index (χ4n) is 1.91. The van der Waals surface area contributed by atoms with Gasteiger partial charge in [-0.1, -0.05) is 11.6 Å². The zero-order valence-electron chi connectivity index (χ0n) is 9.27. The van der Waals surface area contributed by atoms with E-state index in [1.54, 1.807) is 10.7 Å². The van der Waals surface area contributed by atoms with Crippen molar-refractivity contribution in [3.8, 4) is 0 Å². The first-order valence-electron chi connectivity index (χ1n) is 5.65. The van der Waals surface area contributed by atoms with E-state index in [4.69, 9.17) is 11.6 Å². The van der Waals surface area contributed by atoms with Gasteiger partial charge in [0.25, 0.3) is 0 Å². The van der Waals surface area contributed by atoms with Crippen LogP contribution in [0.1, 0.15) is 6.42 Å². The van der Waals surface area contributed by atoms with E-state index >= 15 is 0 Å². The summed E-state index contributed by atoms with van der Waals surface area (Å²) in [6.07, 6.45) is 3.05. The van der Waals surface area contributed by atoms with Crippen LogP contribution in [0.2, 0.25) is 5.02 Å². The number of anilines is 1. The Morgan fingerprint density at radius 3 is 3.29 bits per heavy atom. The molecule has 4 nitrogen and oxygen atoms in total. The molecular formula is C11H13ClN4S. The van der Waals surface area contributed by atoms with Gasteiger partial charge in [0.05, 0.1) is 5.02 Å². The van der Waals surface area contributed by atoms with E-state index in [-0.39, 0.29) is 0 Å². The van der Waals surface area contributed by atoms with E-state index in [9.17, 15) is 0 Å². The minimum Gasteiger partial charge on any atom is -0.353 e. The number of hydrogen-bond donors (Lipinski definition) is 1. The van der Waals surface area contributed by atoms with Crippen LogP contribution in [0.3, 0.4) is 0 Å². The van der Waals surface area contributed by atoms with Crippen molar-refractivity contribution in [1.29, 1.82) is 0 Å². The van der Waals surface area contributed by atoms with Crippen molar-refractivity contribution in [2.45, 2.75) is 6.42 Å². The van der Waals surface area contributed by atoms with E-state index in [0.29, 0.717) is 11.0 Å². The number of halogens is 1. The third kappa shape index (κ3) is 2.50. The Hall–Kier alpha value is -0.940. The van der Waals surface area contributed by atoms with Gasteiger partial charge in [0.2, 0.25) is 5.95 Å². The average Bonchev–Trinajstić information content (AvgIpc) is 2.94. The summed E-state index contributed by atoms with van der Waals surface area (Å²) >= 11 is 7.92. The number of pyridine rings is 1. The van der Waals surface area contributed by atoms with Crippen LogP contribution in [-0.2, 0) is 0 Å². The molecule has 0 aliphatic carbocycles. The fraction of sp³-hybridized carbons (Fsp3) is 0.455. The van der Waals surface area contributed by atoms with Crippen LogP contribution in [0.15, 0.2) is 18.3 Å². The maximum absolute atomic E-state index is 5.90. The highest BCUT2D eigenvalue weighted by Gasteiger charge is 2.15. The van der Waals surface area contributed by atoms with Gasteiger partial charge in [-0.05, 0) is 36.0 Å². The number of nitrogens with one attached hydrogen (secondary N) is 1. The Morgan fingerprint density at radius 2 is 2.47 bits per heavy atom. The molecule has 1 atom stereocenters. The maximum Gasteiger partial charge on any atom is 0.243 e. The lowest BCUT2D eigenvalue weighted by Gasteiger charge is -2.07. The summed E-state index contributed by atoms with van der Waals surface area (Å²) in [7, 11) is 0. The maximum atomic E-state index is 5.90. The molecule has 1 N–H and O–H groups in total. The minimum absolute atomic E-state index is 0.668. The van der Waals surface area contributed by atoms with Crippen LogP contribution >= 0.6 is 23.4 Å². The molecule has 0 spiro atoms. The van der Waals surface area contributed by atoms with Crippen molar-refractivity contribution in [2.24, 2.45) is 5.92 Å². The number of fused-ring (bicyclic) bond motifs is 1. The van der Waals surface area contributed by atoms with Gasteiger partial charge in [-0.2, -0.15) is 16.7 Å². The summed E-state index contributed by atoms with van der Waals surface area (Å²) in [6.45, 7) is 0.956. The first-order chi connectivity index (χ1) is 8.31. The molecule has 6 heteroatoms. The predicted octanol–water partition coefficient (Wildman–Crippen LogP) is 2.55. The summed E-state index contributed by atoms with van der Waals surface area (Å²) in [6, 6.07) is 3.69. The Morgan fingerprint density at radius 1 is 1.53 bits per heavy atom. The lowest BCUT2D eigenvalue weighted by molar-refractivity contribution is 0.629. The second-order valence-corrected chi connectivity index (χ2v) is 5.78. The molecule has 1 unspecified atom stereocenters. The minimum atomic E-state index is 0.668. The van der Waals surface area contributed by atoms with E-state index < -0.39 is 0 Å². The summed E-state index contributed by atoms with van der Waals surface area (Å²) in [5.74, 6) is 3.95. The number of nitrogens with zero attached hydrogens (tertiary/aromatic N) is 3. The first-order valence-corrected chi connectivity index (χ1v) is 7.18. The van der Waals surface area contributed by atoms with E-state index in [0.717, 1.165) is 18.1 Å². The van der Waals surface area contributed by atoms with Crippen molar-refractivity contribution in [3.05, 3.63) is 23.4 Å². The molecule has 1 saturated heterocycles. The molecule has 1 aliphatic heterocycles. The lowest BCUT2D eigenvalue weighted by Crippen LogP contribution is -2.14. The van der Waals surface area contributed by atoms with Crippen molar-refractivity contribution < 1.29 is 0 Å². The lowest BCUT2D eigenvalue weighted by atomic mass is 10.1. The van der Waals surface area contributed by atoms with Gasteiger partial charge in [-0.25, -0.2) is 4.52 Å². The van der Waals surface area contributed by atoms with Gasteiger partial charge in [0.1, 0.15) is 0 Å².